The molecule has 3 aliphatic rings. The molecule has 1 aliphatic heterocycles. The molecule has 2 aliphatic carbocycles. The zero-order valence-electron chi connectivity index (χ0n) is 15.4. The van der Waals surface area contributed by atoms with E-state index in [-0.39, 0.29) is 47.6 Å². The van der Waals surface area contributed by atoms with Gasteiger partial charge in [0.05, 0.1) is 11.8 Å². The lowest BCUT2D eigenvalue weighted by Crippen LogP contribution is -2.35. The maximum Gasteiger partial charge on any atom is 0.310 e. The average molecular weight is 411 g/mol. The van der Waals surface area contributed by atoms with Gasteiger partial charge >= 0.3 is 5.97 Å². The Kier molecular flexibility index (Phi) is 4.32. The largest absolute Gasteiger partial charge is 0.462 e. The van der Waals surface area contributed by atoms with Crippen LogP contribution in [0.4, 0.5) is 11.4 Å². The van der Waals surface area contributed by atoms with Gasteiger partial charge in [0.25, 0.3) is 5.91 Å². The Balaban J connectivity index is 1.24. The van der Waals surface area contributed by atoms with Crippen LogP contribution in [0.5, 0.6) is 0 Å². The third-order valence-corrected chi connectivity index (χ3v) is 6.52. The summed E-state index contributed by atoms with van der Waals surface area (Å²) in [6.07, 6.45) is 1.69. The van der Waals surface area contributed by atoms with Gasteiger partial charge in [-0.15, -0.1) is 0 Å². The van der Waals surface area contributed by atoms with Gasteiger partial charge in [0, 0.05) is 27.9 Å². The summed E-state index contributed by atoms with van der Waals surface area (Å²) in [7, 11) is 0. The number of benzene rings is 2. The van der Waals surface area contributed by atoms with E-state index in [1.54, 1.807) is 48.5 Å². The molecule has 2 saturated carbocycles. The summed E-state index contributed by atoms with van der Waals surface area (Å²) in [6.45, 7) is 0. The van der Waals surface area contributed by atoms with Crippen molar-refractivity contribution in [3.8, 4) is 0 Å². The van der Waals surface area contributed by atoms with Gasteiger partial charge < -0.3 is 15.4 Å². The average Bonchev–Trinajstić information content (AvgIpc) is 3.31. The van der Waals surface area contributed by atoms with Crippen LogP contribution in [0.3, 0.4) is 0 Å². The number of amides is 2. The second kappa shape index (κ2) is 6.88. The van der Waals surface area contributed by atoms with Crippen LogP contribution < -0.4 is 10.6 Å². The van der Waals surface area contributed by atoms with Gasteiger partial charge in [-0.2, -0.15) is 0 Å². The first kappa shape index (κ1) is 18.2. The molecule has 0 spiro atoms. The zero-order valence-corrected chi connectivity index (χ0v) is 16.2. The first-order valence-corrected chi connectivity index (χ1v) is 10.1. The molecule has 1 saturated heterocycles. The quantitative estimate of drug-likeness (QED) is 0.752. The number of carbonyl (C=O) groups is 3. The van der Waals surface area contributed by atoms with Gasteiger partial charge in [0.15, 0.2) is 0 Å². The molecule has 2 amide bonds. The van der Waals surface area contributed by atoms with E-state index < -0.39 is 0 Å². The Morgan fingerprint density at radius 3 is 2.55 bits per heavy atom. The highest BCUT2D eigenvalue weighted by atomic mass is 35.5. The van der Waals surface area contributed by atoms with E-state index in [2.05, 4.69) is 10.6 Å². The lowest BCUT2D eigenvalue weighted by molar-refractivity contribution is -0.145. The molecule has 7 heteroatoms. The van der Waals surface area contributed by atoms with E-state index in [4.69, 9.17) is 16.3 Å². The van der Waals surface area contributed by atoms with Crippen LogP contribution in [0.25, 0.3) is 0 Å². The Hall–Kier alpha value is -2.86. The molecule has 148 valence electrons. The number of halogens is 1. The van der Waals surface area contributed by atoms with E-state index >= 15 is 0 Å². The van der Waals surface area contributed by atoms with Gasteiger partial charge in [-0.3, -0.25) is 14.4 Å². The van der Waals surface area contributed by atoms with Crippen molar-refractivity contribution in [1.29, 1.82) is 0 Å². The number of hydrogen-bond acceptors (Lipinski definition) is 4. The topological polar surface area (TPSA) is 84.5 Å². The molecule has 5 rings (SSSR count). The second-order valence-electron chi connectivity index (χ2n) is 7.95. The van der Waals surface area contributed by atoms with E-state index in [1.807, 2.05) is 0 Å². The normalized spacial score (nSPS) is 28.9. The smallest absolute Gasteiger partial charge is 0.310 e. The highest BCUT2D eigenvalue weighted by Gasteiger charge is 2.63. The molecule has 2 N–H and O–H groups in total. The highest BCUT2D eigenvalue weighted by Crippen LogP contribution is 2.57. The van der Waals surface area contributed by atoms with E-state index in [9.17, 15) is 14.4 Å². The molecule has 0 aromatic heterocycles. The number of fused-ring (bicyclic) bond motifs is 1. The van der Waals surface area contributed by atoms with E-state index in [0.717, 1.165) is 12.8 Å². The molecule has 3 fully saturated rings. The number of nitrogens with one attached hydrogen (secondary N) is 2. The minimum absolute atomic E-state index is 0.0128. The van der Waals surface area contributed by atoms with Crippen molar-refractivity contribution in [2.75, 3.05) is 10.6 Å². The summed E-state index contributed by atoms with van der Waals surface area (Å²) in [6, 6.07) is 13.6. The second-order valence-corrected chi connectivity index (χ2v) is 8.39. The highest BCUT2D eigenvalue weighted by molar-refractivity contribution is 6.31. The summed E-state index contributed by atoms with van der Waals surface area (Å²) in [5.41, 5.74) is 1.67. The van der Waals surface area contributed by atoms with Crippen molar-refractivity contribution < 1.29 is 19.1 Å². The molecule has 29 heavy (non-hydrogen) atoms. The third kappa shape index (κ3) is 3.17. The number of carbonyl (C=O) groups excluding carboxylic acids is 3. The van der Waals surface area contributed by atoms with Crippen LogP contribution >= 0.6 is 11.6 Å². The number of anilines is 2. The van der Waals surface area contributed by atoms with Gasteiger partial charge in [-0.05, 0) is 61.2 Å². The molecule has 0 radical (unpaired) electrons. The zero-order chi connectivity index (χ0) is 20.1. The monoisotopic (exact) mass is 410 g/mol. The Bertz CT molecular complexity index is 1000. The standard InChI is InChI=1S/C22H19ClN2O4/c23-13-2-1-3-15(10-13)25-20(26)11-4-6-14(7-5-11)24-21(27)18-12-8-16-17(9-12)29-22(28)19(16)18/h1-7,10,12,16-19H,8-9H2,(H,24,27)(H,25,26)/t12-,16-,17-,18-,19+/m1/s1. The number of hydrogen-bond donors (Lipinski definition) is 2. The first-order chi connectivity index (χ1) is 14.0. The fourth-order valence-corrected chi connectivity index (χ4v) is 5.25. The molecule has 2 aromatic carbocycles. The van der Waals surface area contributed by atoms with E-state index in [1.165, 1.54) is 0 Å². The lowest BCUT2D eigenvalue weighted by Gasteiger charge is -2.23. The Labute approximate surface area is 172 Å². The van der Waals surface area contributed by atoms with Crippen molar-refractivity contribution in [2.24, 2.45) is 23.7 Å². The van der Waals surface area contributed by atoms with Crippen molar-refractivity contribution >= 4 is 40.8 Å². The van der Waals surface area contributed by atoms with Crippen LogP contribution in [0, 0.1) is 23.7 Å². The van der Waals surface area contributed by atoms with Gasteiger partial charge in [0.1, 0.15) is 6.10 Å². The Morgan fingerprint density at radius 2 is 1.79 bits per heavy atom. The molecular weight excluding hydrogens is 392 g/mol. The van der Waals surface area contributed by atoms with E-state index in [0.29, 0.717) is 22.0 Å². The van der Waals surface area contributed by atoms with Gasteiger partial charge in [-0.25, -0.2) is 0 Å². The van der Waals surface area contributed by atoms with Crippen LogP contribution in [-0.2, 0) is 14.3 Å². The molecule has 2 bridgehead atoms. The van der Waals surface area contributed by atoms with Crippen LogP contribution in [-0.4, -0.2) is 23.9 Å². The summed E-state index contributed by atoms with van der Waals surface area (Å²) in [4.78, 5) is 37.3. The maximum absolute atomic E-state index is 12.8. The molecular formula is C22H19ClN2O4. The number of rotatable bonds is 4. The third-order valence-electron chi connectivity index (χ3n) is 6.28. The molecule has 2 aromatic rings. The predicted octanol–water partition coefficient (Wildman–Crippen LogP) is 3.73. The van der Waals surface area contributed by atoms with Gasteiger partial charge in [0.2, 0.25) is 5.91 Å². The molecule has 1 heterocycles. The summed E-state index contributed by atoms with van der Waals surface area (Å²) < 4.78 is 5.40. The molecule has 0 unspecified atom stereocenters. The fourth-order valence-electron chi connectivity index (χ4n) is 5.06. The summed E-state index contributed by atoms with van der Waals surface area (Å²) in [5.74, 6) is -0.856. The molecule has 6 nitrogen and oxygen atoms in total. The summed E-state index contributed by atoms with van der Waals surface area (Å²) >= 11 is 5.93. The van der Waals surface area contributed by atoms with Crippen LogP contribution in [0.2, 0.25) is 5.02 Å². The first-order valence-electron chi connectivity index (χ1n) is 9.68. The van der Waals surface area contributed by atoms with Crippen LogP contribution in [0.1, 0.15) is 23.2 Å². The number of esters is 1. The van der Waals surface area contributed by atoms with Crippen molar-refractivity contribution in [1.82, 2.24) is 0 Å². The Morgan fingerprint density at radius 1 is 1.00 bits per heavy atom. The maximum atomic E-state index is 12.8. The number of ether oxygens (including phenoxy) is 1. The lowest BCUT2D eigenvalue weighted by atomic mass is 9.79. The predicted molar refractivity (Wildman–Crippen MR) is 108 cm³/mol. The molecule has 5 atom stereocenters. The van der Waals surface area contributed by atoms with Crippen molar-refractivity contribution in [3.05, 3.63) is 59.1 Å². The van der Waals surface area contributed by atoms with Crippen molar-refractivity contribution in [3.63, 3.8) is 0 Å². The van der Waals surface area contributed by atoms with Crippen LogP contribution in [0.15, 0.2) is 48.5 Å². The van der Waals surface area contributed by atoms with Crippen molar-refractivity contribution in [2.45, 2.75) is 18.9 Å². The SMILES string of the molecule is O=C(Nc1cccc(Cl)c1)c1ccc(NC(=O)[C@@H]2[C@@H]3C[C@H]4[C@@H]2C(=O)O[C@@H]4C3)cc1. The minimum Gasteiger partial charge on any atom is -0.462 e. The van der Waals surface area contributed by atoms with Gasteiger partial charge in [-0.1, -0.05) is 17.7 Å². The summed E-state index contributed by atoms with van der Waals surface area (Å²) in [5, 5.41) is 6.22. The fraction of sp³-hybridized carbons (Fsp3) is 0.318. The minimum atomic E-state index is -0.322.